The average molecular weight is 267 g/mol. The summed E-state index contributed by atoms with van der Waals surface area (Å²) in [5.74, 6) is 0.247. The molecule has 0 unspecified atom stereocenters. The first-order chi connectivity index (χ1) is 8.61. The van der Waals surface area contributed by atoms with Crippen LogP contribution in [0.2, 0.25) is 5.02 Å². The number of halogens is 1. The minimum atomic E-state index is 0.247. The molecule has 1 aliphatic rings. The maximum atomic E-state index is 11.6. The molecule has 2 rings (SSSR count). The van der Waals surface area contributed by atoms with Crippen molar-refractivity contribution in [3.63, 3.8) is 0 Å². The van der Waals surface area contributed by atoms with E-state index in [1.165, 1.54) is 0 Å². The molecule has 1 amide bonds. The van der Waals surface area contributed by atoms with Crippen LogP contribution in [0, 0.1) is 6.92 Å². The Morgan fingerprint density at radius 1 is 1.28 bits per heavy atom. The second-order valence-electron chi connectivity index (χ2n) is 4.65. The fraction of sp³-hybridized carbons (Fsp3) is 0.500. The molecular weight excluding hydrogens is 248 g/mol. The quantitative estimate of drug-likeness (QED) is 0.822. The van der Waals surface area contributed by atoms with E-state index in [0.717, 1.165) is 42.5 Å². The summed E-state index contributed by atoms with van der Waals surface area (Å²) in [6.45, 7) is 7.28. The Hall–Kier alpha value is -1.22. The maximum absolute atomic E-state index is 11.6. The van der Waals surface area contributed by atoms with Gasteiger partial charge in [0.1, 0.15) is 0 Å². The van der Waals surface area contributed by atoms with E-state index in [1.54, 1.807) is 0 Å². The van der Waals surface area contributed by atoms with E-state index < -0.39 is 0 Å². The fourth-order valence-corrected chi connectivity index (χ4v) is 2.39. The predicted molar refractivity (Wildman–Crippen MR) is 75.3 cm³/mol. The smallest absolute Gasteiger partial charge is 0.222 e. The molecule has 0 saturated carbocycles. The lowest BCUT2D eigenvalue weighted by Gasteiger charge is -2.36. The highest BCUT2D eigenvalue weighted by molar-refractivity contribution is 6.31. The van der Waals surface area contributed by atoms with Crippen molar-refractivity contribution in [1.82, 2.24) is 4.90 Å². The van der Waals surface area contributed by atoms with E-state index in [4.69, 9.17) is 11.6 Å². The van der Waals surface area contributed by atoms with Crippen LogP contribution in [0.1, 0.15) is 18.9 Å². The third kappa shape index (κ3) is 2.78. The molecular formula is C14H19ClN2O. The molecule has 0 aliphatic carbocycles. The number of piperazine rings is 1. The van der Waals surface area contributed by atoms with E-state index in [-0.39, 0.29) is 5.91 Å². The highest BCUT2D eigenvalue weighted by Gasteiger charge is 2.20. The zero-order chi connectivity index (χ0) is 13.1. The summed E-state index contributed by atoms with van der Waals surface area (Å²) >= 11 is 6.14. The second-order valence-corrected chi connectivity index (χ2v) is 5.06. The molecule has 0 bridgehead atoms. The van der Waals surface area contributed by atoms with Gasteiger partial charge < -0.3 is 9.80 Å². The van der Waals surface area contributed by atoms with Crippen molar-refractivity contribution < 1.29 is 4.79 Å². The summed E-state index contributed by atoms with van der Waals surface area (Å²) in [6, 6.07) is 6.15. The molecule has 1 fully saturated rings. The summed E-state index contributed by atoms with van der Waals surface area (Å²) < 4.78 is 0. The van der Waals surface area contributed by atoms with Gasteiger partial charge in [-0.2, -0.15) is 0 Å². The number of amides is 1. The topological polar surface area (TPSA) is 23.6 Å². The molecule has 0 aromatic heterocycles. The van der Waals surface area contributed by atoms with Crippen LogP contribution in [0.15, 0.2) is 18.2 Å². The fourth-order valence-electron chi connectivity index (χ4n) is 2.22. The minimum Gasteiger partial charge on any atom is -0.368 e. The van der Waals surface area contributed by atoms with Crippen molar-refractivity contribution in [3.05, 3.63) is 28.8 Å². The number of rotatable bonds is 2. The van der Waals surface area contributed by atoms with Crippen LogP contribution >= 0.6 is 11.6 Å². The maximum Gasteiger partial charge on any atom is 0.222 e. The van der Waals surface area contributed by atoms with Gasteiger partial charge in [0.25, 0.3) is 0 Å². The normalized spacial score (nSPS) is 15.9. The van der Waals surface area contributed by atoms with E-state index >= 15 is 0 Å². The lowest BCUT2D eigenvalue weighted by atomic mass is 10.2. The number of anilines is 1. The molecule has 18 heavy (non-hydrogen) atoms. The molecule has 0 atom stereocenters. The Morgan fingerprint density at radius 3 is 2.50 bits per heavy atom. The van der Waals surface area contributed by atoms with Crippen LogP contribution in [0.3, 0.4) is 0 Å². The zero-order valence-corrected chi connectivity index (χ0v) is 11.7. The Balaban J connectivity index is 2.01. The zero-order valence-electron chi connectivity index (χ0n) is 10.9. The summed E-state index contributed by atoms with van der Waals surface area (Å²) in [5.41, 5.74) is 2.24. The number of carbonyl (C=O) groups is 1. The molecule has 1 saturated heterocycles. The van der Waals surface area contributed by atoms with Gasteiger partial charge in [0.2, 0.25) is 5.91 Å². The van der Waals surface area contributed by atoms with Crippen LogP contribution in [-0.2, 0) is 4.79 Å². The number of hydrogen-bond donors (Lipinski definition) is 0. The van der Waals surface area contributed by atoms with Crippen LogP contribution in [0.5, 0.6) is 0 Å². The first-order valence-corrected chi connectivity index (χ1v) is 6.78. The van der Waals surface area contributed by atoms with Gasteiger partial charge in [0.05, 0.1) is 0 Å². The van der Waals surface area contributed by atoms with Gasteiger partial charge in [0.15, 0.2) is 0 Å². The summed E-state index contributed by atoms with van der Waals surface area (Å²) in [4.78, 5) is 15.8. The van der Waals surface area contributed by atoms with E-state index in [9.17, 15) is 4.79 Å². The lowest BCUT2D eigenvalue weighted by molar-refractivity contribution is -0.131. The summed E-state index contributed by atoms with van der Waals surface area (Å²) in [7, 11) is 0. The molecule has 98 valence electrons. The van der Waals surface area contributed by atoms with E-state index in [0.29, 0.717) is 6.42 Å². The first-order valence-electron chi connectivity index (χ1n) is 6.40. The Bertz CT molecular complexity index is 439. The van der Waals surface area contributed by atoms with Crippen LogP contribution in [0.4, 0.5) is 5.69 Å². The Labute approximate surface area is 113 Å². The molecule has 4 heteroatoms. The van der Waals surface area contributed by atoms with Crippen molar-refractivity contribution in [2.45, 2.75) is 20.3 Å². The highest BCUT2D eigenvalue weighted by atomic mass is 35.5. The van der Waals surface area contributed by atoms with E-state index in [1.807, 2.05) is 30.9 Å². The van der Waals surface area contributed by atoms with Gasteiger partial charge in [-0.05, 0) is 24.6 Å². The standard InChI is InChI=1S/C14H19ClN2O/c1-3-14(18)17-8-6-16(7-9-17)12-5-4-11(2)13(15)10-12/h4-5,10H,3,6-9H2,1-2H3. The highest BCUT2D eigenvalue weighted by Crippen LogP contribution is 2.24. The number of benzene rings is 1. The number of nitrogens with zero attached hydrogens (tertiary/aromatic N) is 2. The van der Waals surface area contributed by atoms with E-state index in [2.05, 4.69) is 11.0 Å². The molecule has 0 radical (unpaired) electrons. The van der Waals surface area contributed by atoms with Gasteiger partial charge in [-0.15, -0.1) is 0 Å². The van der Waals surface area contributed by atoms with Crippen molar-refractivity contribution in [1.29, 1.82) is 0 Å². The number of carbonyl (C=O) groups excluding carboxylic acids is 1. The minimum absolute atomic E-state index is 0.247. The molecule has 1 aromatic carbocycles. The molecule has 0 N–H and O–H groups in total. The van der Waals surface area contributed by atoms with Crippen LogP contribution in [-0.4, -0.2) is 37.0 Å². The van der Waals surface area contributed by atoms with Crippen molar-refractivity contribution in [2.24, 2.45) is 0 Å². The van der Waals surface area contributed by atoms with Crippen molar-refractivity contribution >= 4 is 23.2 Å². The largest absolute Gasteiger partial charge is 0.368 e. The van der Waals surface area contributed by atoms with Gasteiger partial charge in [-0.25, -0.2) is 0 Å². The van der Waals surface area contributed by atoms with Crippen molar-refractivity contribution in [3.8, 4) is 0 Å². The second kappa shape index (κ2) is 5.61. The van der Waals surface area contributed by atoms with Gasteiger partial charge in [-0.3, -0.25) is 4.79 Å². The molecule has 0 spiro atoms. The van der Waals surface area contributed by atoms with Gasteiger partial charge in [-0.1, -0.05) is 24.6 Å². The first kappa shape index (κ1) is 13.2. The monoisotopic (exact) mass is 266 g/mol. The third-order valence-corrected chi connectivity index (χ3v) is 3.86. The SMILES string of the molecule is CCC(=O)N1CCN(c2ccc(C)c(Cl)c2)CC1. The Morgan fingerprint density at radius 2 is 1.94 bits per heavy atom. The van der Waals surface area contributed by atoms with Crippen molar-refractivity contribution in [2.75, 3.05) is 31.1 Å². The summed E-state index contributed by atoms with van der Waals surface area (Å²) in [5, 5.41) is 0.805. The predicted octanol–water partition coefficient (Wildman–Crippen LogP) is 2.71. The molecule has 3 nitrogen and oxygen atoms in total. The molecule has 1 heterocycles. The molecule has 1 aliphatic heterocycles. The summed E-state index contributed by atoms with van der Waals surface area (Å²) in [6.07, 6.45) is 0.594. The molecule has 1 aromatic rings. The number of hydrogen-bond acceptors (Lipinski definition) is 2. The average Bonchev–Trinajstić information content (AvgIpc) is 2.41. The lowest BCUT2D eigenvalue weighted by Crippen LogP contribution is -2.48. The van der Waals surface area contributed by atoms with Gasteiger partial charge >= 0.3 is 0 Å². The van der Waals surface area contributed by atoms with Crippen LogP contribution in [0.25, 0.3) is 0 Å². The van der Waals surface area contributed by atoms with Gasteiger partial charge in [0, 0.05) is 43.3 Å². The number of aryl methyl sites for hydroxylation is 1. The third-order valence-electron chi connectivity index (χ3n) is 3.46. The van der Waals surface area contributed by atoms with Crippen LogP contribution < -0.4 is 4.90 Å². The Kier molecular flexibility index (Phi) is 4.12.